The topological polar surface area (TPSA) is 75.4 Å². The molecule has 5 rings (SSSR count). The lowest BCUT2D eigenvalue weighted by Crippen LogP contribution is -2.30. The maximum absolute atomic E-state index is 13.2. The number of benzene rings is 4. The normalized spacial score (nSPS) is 13.5. The zero-order chi connectivity index (χ0) is 26.6. The van der Waals surface area contributed by atoms with Crippen molar-refractivity contribution in [1.82, 2.24) is 5.32 Å². The van der Waals surface area contributed by atoms with Gasteiger partial charge in [-0.3, -0.25) is 9.59 Å². The Hall–Kier alpha value is -4.45. The van der Waals surface area contributed by atoms with Crippen molar-refractivity contribution in [2.45, 2.75) is 32.4 Å². The van der Waals surface area contributed by atoms with E-state index in [0.717, 1.165) is 59.4 Å². The maximum Gasteiger partial charge on any atom is 0.251 e. The van der Waals surface area contributed by atoms with Crippen molar-refractivity contribution < 1.29 is 14.0 Å². The standard InChI is InChI=1S/C32H30FN3O2/c1-21(23-12-15-27(33)16-13-23)35-32(38)26-14-17-30-25(19-26)5-4-18-36(30)20-22-8-10-24(11-9-22)28-6-2-3-7-29(28)31(34)37/h2-3,6-17,19,21H,4-5,18,20H2,1H3,(H2,34,37)(H,35,38)/t21-/m0/s1. The van der Waals surface area contributed by atoms with Crippen LogP contribution in [0.5, 0.6) is 0 Å². The first kappa shape index (κ1) is 25.2. The number of anilines is 1. The molecule has 0 saturated carbocycles. The molecular formula is C32H30FN3O2. The molecule has 192 valence electrons. The van der Waals surface area contributed by atoms with E-state index in [0.29, 0.717) is 11.1 Å². The Morgan fingerprint density at radius 3 is 2.45 bits per heavy atom. The van der Waals surface area contributed by atoms with E-state index in [1.54, 1.807) is 18.2 Å². The van der Waals surface area contributed by atoms with Gasteiger partial charge in [-0.2, -0.15) is 0 Å². The summed E-state index contributed by atoms with van der Waals surface area (Å²) >= 11 is 0. The van der Waals surface area contributed by atoms with Gasteiger partial charge in [0.1, 0.15) is 5.82 Å². The lowest BCUT2D eigenvalue weighted by atomic mass is 9.96. The van der Waals surface area contributed by atoms with Crippen molar-refractivity contribution in [3.05, 3.63) is 125 Å². The summed E-state index contributed by atoms with van der Waals surface area (Å²) in [5.74, 6) is -0.878. The summed E-state index contributed by atoms with van der Waals surface area (Å²) in [6.07, 6.45) is 1.93. The average molecular weight is 508 g/mol. The summed E-state index contributed by atoms with van der Waals surface area (Å²) in [4.78, 5) is 27.1. The fraction of sp³-hybridized carbons (Fsp3) is 0.188. The molecule has 3 N–H and O–H groups in total. The minimum atomic E-state index is -0.437. The number of carbonyl (C=O) groups excluding carboxylic acids is 2. The minimum Gasteiger partial charge on any atom is -0.367 e. The third kappa shape index (κ3) is 5.44. The SMILES string of the molecule is C[C@H](NC(=O)c1ccc2c(c1)CCCN2Cc1ccc(-c2ccccc2C(N)=O)cc1)c1ccc(F)cc1. The molecule has 6 heteroatoms. The van der Waals surface area contributed by atoms with E-state index < -0.39 is 5.91 Å². The number of nitrogens with two attached hydrogens (primary N) is 1. The molecule has 0 aromatic heterocycles. The van der Waals surface area contributed by atoms with Gasteiger partial charge >= 0.3 is 0 Å². The number of primary amides is 1. The van der Waals surface area contributed by atoms with Crippen LogP contribution in [0.4, 0.5) is 10.1 Å². The van der Waals surface area contributed by atoms with E-state index in [4.69, 9.17) is 5.73 Å². The number of aryl methyl sites for hydroxylation is 1. The van der Waals surface area contributed by atoms with Crippen molar-refractivity contribution >= 4 is 17.5 Å². The highest BCUT2D eigenvalue weighted by Gasteiger charge is 2.20. The highest BCUT2D eigenvalue weighted by Crippen LogP contribution is 2.30. The fourth-order valence-corrected chi connectivity index (χ4v) is 5.06. The van der Waals surface area contributed by atoms with Crippen molar-refractivity contribution in [2.75, 3.05) is 11.4 Å². The summed E-state index contributed by atoms with van der Waals surface area (Å²) in [5.41, 5.74) is 12.8. The van der Waals surface area contributed by atoms with Gasteiger partial charge in [0.2, 0.25) is 5.91 Å². The van der Waals surface area contributed by atoms with Gasteiger partial charge in [0.05, 0.1) is 6.04 Å². The third-order valence-corrected chi connectivity index (χ3v) is 7.11. The number of hydrogen-bond acceptors (Lipinski definition) is 3. The summed E-state index contributed by atoms with van der Waals surface area (Å²) < 4.78 is 13.2. The van der Waals surface area contributed by atoms with E-state index in [1.165, 1.54) is 12.1 Å². The van der Waals surface area contributed by atoms with Gasteiger partial charge in [-0.05, 0) is 84.0 Å². The second-order valence-corrected chi connectivity index (χ2v) is 9.72. The predicted octanol–water partition coefficient (Wildman–Crippen LogP) is 6.04. The Morgan fingerprint density at radius 1 is 0.974 bits per heavy atom. The number of nitrogens with zero attached hydrogens (tertiary/aromatic N) is 1. The largest absolute Gasteiger partial charge is 0.367 e. The van der Waals surface area contributed by atoms with Gasteiger partial charge in [-0.25, -0.2) is 4.39 Å². The molecule has 0 saturated heterocycles. The van der Waals surface area contributed by atoms with Crippen molar-refractivity contribution in [3.63, 3.8) is 0 Å². The van der Waals surface area contributed by atoms with Crippen LogP contribution in [0.25, 0.3) is 11.1 Å². The first-order valence-corrected chi connectivity index (χ1v) is 12.8. The highest BCUT2D eigenvalue weighted by atomic mass is 19.1. The van der Waals surface area contributed by atoms with E-state index in [-0.39, 0.29) is 17.8 Å². The second kappa shape index (κ2) is 10.9. The summed E-state index contributed by atoms with van der Waals surface area (Å²) in [7, 11) is 0. The summed E-state index contributed by atoms with van der Waals surface area (Å²) in [6.45, 7) is 3.58. The predicted molar refractivity (Wildman–Crippen MR) is 148 cm³/mol. The van der Waals surface area contributed by atoms with E-state index in [1.807, 2.05) is 55.5 Å². The van der Waals surface area contributed by atoms with Gasteiger partial charge in [0, 0.05) is 29.9 Å². The Kier molecular flexibility index (Phi) is 7.22. The van der Waals surface area contributed by atoms with E-state index >= 15 is 0 Å². The molecule has 0 spiro atoms. The van der Waals surface area contributed by atoms with Crippen LogP contribution in [0.2, 0.25) is 0 Å². The number of amides is 2. The molecule has 0 bridgehead atoms. The van der Waals surface area contributed by atoms with Gasteiger partial charge in [0.25, 0.3) is 5.91 Å². The van der Waals surface area contributed by atoms with E-state index in [2.05, 4.69) is 22.3 Å². The number of nitrogens with one attached hydrogen (secondary N) is 1. The molecular weight excluding hydrogens is 477 g/mol. The smallest absolute Gasteiger partial charge is 0.251 e. The van der Waals surface area contributed by atoms with Crippen LogP contribution in [0.15, 0.2) is 91.0 Å². The number of carbonyl (C=O) groups is 2. The van der Waals surface area contributed by atoms with Crippen molar-refractivity contribution in [2.24, 2.45) is 5.73 Å². The molecule has 4 aromatic rings. The van der Waals surface area contributed by atoms with Crippen LogP contribution in [-0.4, -0.2) is 18.4 Å². The molecule has 0 unspecified atom stereocenters. The number of rotatable bonds is 7. The number of fused-ring (bicyclic) bond motifs is 1. The summed E-state index contributed by atoms with van der Waals surface area (Å²) in [5, 5.41) is 3.02. The minimum absolute atomic E-state index is 0.145. The Bertz CT molecular complexity index is 1470. The van der Waals surface area contributed by atoms with Crippen molar-refractivity contribution in [3.8, 4) is 11.1 Å². The Morgan fingerprint density at radius 2 is 1.71 bits per heavy atom. The number of hydrogen-bond donors (Lipinski definition) is 2. The van der Waals surface area contributed by atoms with Gasteiger partial charge < -0.3 is 16.0 Å². The number of halogens is 1. The molecule has 1 heterocycles. The van der Waals surface area contributed by atoms with Gasteiger partial charge in [-0.1, -0.05) is 54.6 Å². The quantitative estimate of drug-likeness (QED) is 0.320. The van der Waals surface area contributed by atoms with Gasteiger partial charge in [-0.15, -0.1) is 0 Å². The van der Waals surface area contributed by atoms with Crippen LogP contribution < -0.4 is 16.0 Å². The van der Waals surface area contributed by atoms with E-state index in [9.17, 15) is 14.0 Å². The van der Waals surface area contributed by atoms with Crippen molar-refractivity contribution in [1.29, 1.82) is 0 Å². The monoisotopic (exact) mass is 507 g/mol. The lowest BCUT2D eigenvalue weighted by Gasteiger charge is -2.32. The average Bonchev–Trinajstić information content (AvgIpc) is 2.93. The second-order valence-electron chi connectivity index (χ2n) is 9.72. The Balaban J connectivity index is 1.29. The van der Waals surface area contributed by atoms with Crippen LogP contribution in [0, 0.1) is 5.82 Å². The molecule has 0 aliphatic carbocycles. The lowest BCUT2D eigenvalue weighted by molar-refractivity contribution is 0.0938. The Labute approximate surface area is 222 Å². The first-order valence-electron chi connectivity index (χ1n) is 12.8. The molecule has 38 heavy (non-hydrogen) atoms. The molecule has 2 amide bonds. The highest BCUT2D eigenvalue weighted by molar-refractivity contribution is 5.99. The van der Waals surface area contributed by atoms with Crippen LogP contribution >= 0.6 is 0 Å². The van der Waals surface area contributed by atoms with Crippen LogP contribution in [0.1, 0.15) is 56.8 Å². The molecule has 1 aliphatic rings. The molecule has 5 nitrogen and oxygen atoms in total. The molecule has 0 radical (unpaired) electrons. The van der Waals surface area contributed by atoms with Gasteiger partial charge in [0.15, 0.2) is 0 Å². The third-order valence-electron chi connectivity index (χ3n) is 7.11. The molecule has 1 aliphatic heterocycles. The zero-order valence-corrected chi connectivity index (χ0v) is 21.3. The summed E-state index contributed by atoms with van der Waals surface area (Å²) in [6, 6.07) is 27.4. The van der Waals surface area contributed by atoms with Crippen LogP contribution in [0.3, 0.4) is 0 Å². The molecule has 1 atom stereocenters. The zero-order valence-electron chi connectivity index (χ0n) is 21.3. The van der Waals surface area contributed by atoms with Crippen LogP contribution in [-0.2, 0) is 13.0 Å². The molecule has 4 aromatic carbocycles. The fourth-order valence-electron chi connectivity index (χ4n) is 5.06. The first-order chi connectivity index (χ1) is 18.4. The molecule has 0 fully saturated rings. The maximum atomic E-state index is 13.2.